The first-order chi connectivity index (χ1) is 12.0. The Labute approximate surface area is 145 Å². The number of fused-ring (bicyclic) bond motifs is 3. The number of carboxylic acid groups (broad SMARTS) is 1. The third-order valence-corrected chi connectivity index (χ3v) is 5.52. The highest BCUT2D eigenvalue weighted by molar-refractivity contribution is 5.78. The quantitative estimate of drug-likeness (QED) is 0.931. The molecule has 2 aliphatic rings. The van der Waals surface area contributed by atoms with Crippen LogP contribution >= 0.6 is 0 Å². The van der Waals surface area contributed by atoms with Crippen LogP contribution in [0.25, 0.3) is 0 Å². The Hall–Kier alpha value is -2.40. The van der Waals surface area contributed by atoms with Crippen LogP contribution in [0.4, 0.5) is 4.39 Å². The summed E-state index contributed by atoms with van der Waals surface area (Å²) in [5.41, 5.74) is 1.95. The molecule has 2 aliphatic heterocycles. The van der Waals surface area contributed by atoms with E-state index >= 15 is 0 Å². The lowest BCUT2D eigenvalue weighted by Crippen LogP contribution is -2.45. The van der Waals surface area contributed by atoms with Crippen LogP contribution in [-0.2, 0) is 11.3 Å². The van der Waals surface area contributed by atoms with Crippen molar-refractivity contribution in [2.45, 2.75) is 19.4 Å². The van der Waals surface area contributed by atoms with Crippen LogP contribution in [0.2, 0.25) is 0 Å². The molecule has 0 amide bonds. The smallest absolute Gasteiger partial charge is 0.315 e. The first kappa shape index (κ1) is 16.1. The molecule has 0 unspecified atom stereocenters. The van der Waals surface area contributed by atoms with E-state index in [1.807, 2.05) is 31.2 Å². The molecule has 130 valence electrons. The third kappa shape index (κ3) is 2.59. The second-order valence-electron chi connectivity index (χ2n) is 7.08. The number of halogens is 1. The molecule has 0 radical (unpaired) electrons. The van der Waals surface area contributed by atoms with Crippen molar-refractivity contribution in [3.63, 3.8) is 0 Å². The van der Waals surface area contributed by atoms with Crippen molar-refractivity contribution in [1.29, 1.82) is 0 Å². The number of nitrogens with zero attached hydrogens (tertiary/aromatic N) is 1. The molecule has 0 spiro atoms. The summed E-state index contributed by atoms with van der Waals surface area (Å²) in [5, 5.41) is 9.94. The molecule has 0 saturated carbocycles. The van der Waals surface area contributed by atoms with E-state index in [9.17, 15) is 14.3 Å². The van der Waals surface area contributed by atoms with Crippen LogP contribution in [0, 0.1) is 18.2 Å². The van der Waals surface area contributed by atoms with E-state index < -0.39 is 11.4 Å². The van der Waals surface area contributed by atoms with Crippen LogP contribution in [0.15, 0.2) is 42.5 Å². The molecule has 4 rings (SSSR count). The van der Waals surface area contributed by atoms with Gasteiger partial charge in [0.05, 0.1) is 0 Å². The fourth-order valence-electron chi connectivity index (χ4n) is 4.13. The van der Waals surface area contributed by atoms with E-state index in [4.69, 9.17) is 4.74 Å². The first-order valence-corrected chi connectivity index (χ1v) is 8.42. The highest BCUT2D eigenvalue weighted by Gasteiger charge is 2.56. The van der Waals surface area contributed by atoms with Gasteiger partial charge in [0.15, 0.2) is 0 Å². The number of ether oxygens (including phenoxy) is 1. The lowest BCUT2D eigenvalue weighted by molar-refractivity contribution is -0.151. The number of hydrogen-bond acceptors (Lipinski definition) is 3. The Morgan fingerprint density at radius 3 is 2.92 bits per heavy atom. The van der Waals surface area contributed by atoms with Crippen LogP contribution < -0.4 is 4.74 Å². The second kappa shape index (κ2) is 5.85. The van der Waals surface area contributed by atoms with Gasteiger partial charge in [-0.05, 0) is 41.8 Å². The van der Waals surface area contributed by atoms with Crippen LogP contribution in [0.1, 0.15) is 22.6 Å². The van der Waals surface area contributed by atoms with Gasteiger partial charge in [-0.3, -0.25) is 9.69 Å². The molecular formula is C20H20FNO3. The van der Waals surface area contributed by atoms with Crippen molar-refractivity contribution in [1.82, 2.24) is 4.90 Å². The summed E-state index contributed by atoms with van der Waals surface area (Å²) in [6.45, 7) is 3.76. The Morgan fingerprint density at radius 1 is 1.36 bits per heavy atom. The normalized spacial score (nSPS) is 25.1. The molecule has 0 bridgehead atoms. The lowest BCUT2D eigenvalue weighted by Gasteiger charge is -2.35. The Kier molecular flexibility index (Phi) is 3.76. The van der Waals surface area contributed by atoms with Crippen molar-refractivity contribution < 1.29 is 19.0 Å². The maximum absolute atomic E-state index is 13.3. The van der Waals surface area contributed by atoms with Crippen LogP contribution in [0.3, 0.4) is 0 Å². The predicted molar refractivity (Wildman–Crippen MR) is 91.2 cm³/mol. The van der Waals surface area contributed by atoms with Gasteiger partial charge in [-0.1, -0.05) is 24.3 Å². The number of aliphatic carboxylic acids is 1. The molecule has 2 heterocycles. The molecule has 2 atom stereocenters. The van der Waals surface area contributed by atoms with E-state index in [0.29, 0.717) is 19.6 Å². The van der Waals surface area contributed by atoms with Crippen LogP contribution in [0.5, 0.6) is 5.75 Å². The lowest BCUT2D eigenvalue weighted by atomic mass is 9.73. The van der Waals surface area contributed by atoms with Crippen molar-refractivity contribution in [2.75, 3.05) is 19.7 Å². The summed E-state index contributed by atoms with van der Waals surface area (Å²) in [7, 11) is 0. The van der Waals surface area contributed by atoms with Gasteiger partial charge >= 0.3 is 5.97 Å². The fourth-order valence-corrected chi connectivity index (χ4v) is 4.13. The van der Waals surface area contributed by atoms with E-state index in [1.165, 1.54) is 12.1 Å². The molecule has 0 aliphatic carbocycles. The summed E-state index contributed by atoms with van der Waals surface area (Å²) in [5.74, 6) is -0.383. The summed E-state index contributed by atoms with van der Waals surface area (Å²) in [6.07, 6.45) is 0. The zero-order valence-corrected chi connectivity index (χ0v) is 14.0. The second-order valence-corrected chi connectivity index (χ2v) is 7.08. The van der Waals surface area contributed by atoms with Gasteiger partial charge in [0.1, 0.15) is 23.6 Å². The third-order valence-electron chi connectivity index (χ3n) is 5.52. The van der Waals surface area contributed by atoms with Crippen molar-refractivity contribution >= 4 is 5.97 Å². The maximum Gasteiger partial charge on any atom is 0.315 e. The molecular weight excluding hydrogens is 321 g/mol. The number of aryl methyl sites for hydroxylation is 1. The minimum atomic E-state index is -0.928. The van der Waals surface area contributed by atoms with E-state index in [2.05, 4.69) is 4.90 Å². The first-order valence-electron chi connectivity index (χ1n) is 8.42. The molecule has 2 aromatic rings. The standard InChI is InChI=1S/C20H20FNO3/c1-13-8-15(21)7-6-14(13)9-22-10-17-16-4-2-3-5-18(16)25-12-20(17,11-22)19(23)24/h2-8,17H,9-12H2,1H3,(H,23,24)/t17-,20-/m1/s1. The number of hydrogen-bond donors (Lipinski definition) is 1. The van der Waals surface area contributed by atoms with Gasteiger partial charge in [0.25, 0.3) is 0 Å². The average Bonchev–Trinajstić information content (AvgIpc) is 2.97. The molecule has 5 heteroatoms. The fraction of sp³-hybridized carbons (Fsp3) is 0.350. The topological polar surface area (TPSA) is 49.8 Å². The summed E-state index contributed by atoms with van der Waals surface area (Å²) in [4.78, 5) is 14.3. The number of carboxylic acids is 1. The summed E-state index contributed by atoms with van der Waals surface area (Å²) in [6, 6.07) is 12.4. The minimum Gasteiger partial charge on any atom is -0.492 e. The summed E-state index contributed by atoms with van der Waals surface area (Å²) >= 11 is 0. The summed E-state index contributed by atoms with van der Waals surface area (Å²) < 4.78 is 19.1. The molecule has 1 saturated heterocycles. The predicted octanol–water partition coefficient (Wildman–Crippen LogP) is 3.20. The molecule has 0 aromatic heterocycles. The zero-order valence-electron chi connectivity index (χ0n) is 14.0. The molecule has 4 nitrogen and oxygen atoms in total. The highest BCUT2D eigenvalue weighted by Crippen LogP contribution is 2.49. The SMILES string of the molecule is Cc1cc(F)ccc1CN1C[C@@H]2c3ccccc3OC[C@]2(C(=O)O)C1. The van der Waals surface area contributed by atoms with Gasteiger partial charge in [0, 0.05) is 25.6 Å². The molecule has 25 heavy (non-hydrogen) atoms. The molecule has 1 N–H and O–H groups in total. The van der Waals surface area contributed by atoms with Crippen molar-refractivity contribution in [3.8, 4) is 5.75 Å². The number of likely N-dealkylation sites (tertiary alicyclic amines) is 1. The van der Waals surface area contributed by atoms with Gasteiger partial charge in [-0.25, -0.2) is 4.39 Å². The van der Waals surface area contributed by atoms with Gasteiger partial charge in [-0.15, -0.1) is 0 Å². The molecule has 2 aromatic carbocycles. The monoisotopic (exact) mass is 341 g/mol. The van der Waals surface area contributed by atoms with Gasteiger partial charge in [0.2, 0.25) is 0 Å². The van der Waals surface area contributed by atoms with Gasteiger partial charge in [-0.2, -0.15) is 0 Å². The maximum atomic E-state index is 13.3. The van der Waals surface area contributed by atoms with Crippen LogP contribution in [-0.4, -0.2) is 35.7 Å². The van der Waals surface area contributed by atoms with Gasteiger partial charge < -0.3 is 9.84 Å². The largest absolute Gasteiger partial charge is 0.492 e. The number of para-hydroxylation sites is 1. The Bertz CT molecular complexity index is 837. The minimum absolute atomic E-state index is 0.101. The number of rotatable bonds is 3. The zero-order chi connectivity index (χ0) is 17.6. The number of benzene rings is 2. The Balaban J connectivity index is 1.65. The van der Waals surface area contributed by atoms with E-state index in [1.54, 1.807) is 6.07 Å². The Morgan fingerprint density at radius 2 is 2.16 bits per heavy atom. The number of carbonyl (C=O) groups is 1. The highest BCUT2D eigenvalue weighted by atomic mass is 19.1. The van der Waals surface area contributed by atoms with E-state index in [-0.39, 0.29) is 18.3 Å². The van der Waals surface area contributed by atoms with Crippen molar-refractivity contribution in [2.24, 2.45) is 5.41 Å². The molecule has 1 fully saturated rings. The van der Waals surface area contributed by atoms with E-state index in [0.717, 1.165) is 22.4 Å². The average molecular weight is 341 g/mol. The van der Waals surface area contributed by atoms with Crippen molar-refractivity contribution in [3.05, 3.63) is 65.0 Å².